The summed E-state index contributed by atoms with van der Waals surface area (Å²) < 4.78 is 6.59. The highest BCUT2D eigenvalue weighted by atomic mass is 79.9. The quantitative estimate of drug-likeness (QED) is 0.848. The van der Waals surface area contributed by atoms with Crippen LogP contribution >= 0.6 is 15.9 Å². The number of hydrogen-bond donors (Lipinski definition) is 2. The third-order valence-electron chi connectivity index (χ3n) is 3.14. The molecule has 1 atom stereocenters. The van der Waals surface area contributed by atoms with Gasteiger partial charge in [0.1, 0.15) is 12.4 Å². The zero-order valence-electron chi connectivity index (χ0n) is 11.5. The normalized spacial score (nSPS) is 14.6. The first kappa shape index (κ1) is 15.5. The maximum atomic E-state index is 10.1. The zero-order chi connectivity index (χ0) is 13.8. The zero-order valence-corrected chi connectivity index (χ0v) is 13.0. The lowest BCUT2D eigenvalue weighted by Gasteiger charge is -2.27. The average molecular weight is 316 g/mol. The van der Waals surface area contributed by atoms with Gasteiger partial charge in [0, 0.05) is 6.54 Å². The summed E-state index contributed by atoms with van der Waals surface area (Å²) in [4.78, 5) is 0. The summed E-state index contributed by atoms with van der Waals surface area (Å²) in [7, 11) is 1.91. The van der Waals surface area contributed by atoms with Crippen LogP contribution in [0.3, 0.4) is 0 Å². The van der Waals surface area contributed by atoms with Crippen LogP contribution in [0.5, 0.6) is 5.75 Å². The van der Waals surface area contributed by atoms with Gasteiger partial charge in [0.2, 0.25) is 0 Å². The molecule has 0 radical (unpaired) electrons. The number of halogens is 1. The van der Waals surface area contributed by atoms with E-state index in [0.717, 1.165) is 16.8 Å². The fraction of sp³-hybridized carbons (Fsp3) is 0.571. The summed E-state index contributed by atoms with van der Waals surface area (Å²) >= 11 is 3.49. The summed E-state index contributed by atoms with van der Waals surface area (Å²) in [5.74, 6) is 0.913. The van der Waals surface area contributed by atoms with Crippen molar-refractivity contribution in [3.63, 3.8) is 0 Å². The molecular formula is C14H22BrNO2. The van der Waals surface area contributed by atoms with Crippen LogP contribution in [0.2, 0.25) is 0 Å². The molecule has 2 N–H and O–H groups in total. The summed E-state index contributed by atoms with van der Waals surface area (Å²) in [6.45, 7) is 6.86. The topological polar surface area (TPSA) is 41.5 Å². The molecule has 18 heavy (non-hydrogen) atoms. The van der Waals surface area contributed by atoms with Crippen molar-refractivity contribution in [2.75, 3.05) is 13.7 Å². The molecule has 1 aromatic carbocycles. The van der Waals surface area contributed by atoms with Gasteiger partial charge in [-0.25, -0.2) is 0 Å². The van der Waals surface area contributed by atoms with Gasteiger partial charge in [-0.3, -0.25) is 0 Å². The standard InChI is InChI=1S/C14H22BrNO2/c1-10(2)14(3,17)9-18-13-6-5-11(8-16-4)7-12(13)15/h5-7,10,16-17H,8-9H2,1-4H3. The van der Waals surface area contributed by atoms with Gasteiger partial charge in [-0.15, -0.1) is 0 Å². The highest BCUT2D eigenvalue weighted by Crippen LogP contribution is 2.27. The van der Waals surface area contributed by atoms with Gasteiger partial charge in [0.15, 0.2) is 0 Å². The number of ether oxygens (including phenoxy) is 1. The van der Waals surface area contributed by atoms with E-state index in [9.17, 15) is 5.11 Å². The highest BCUT2D eigenvalue weighted by Gasteiger charge is 2.26. The van der Waals surface area contributed by atoms with E-state index in [1.807, 2.05) is 39.1 Å². The molecule has 0 spiro atoms. The van der Waals surface area contributed by atoms with Crippen molar-refractivity contribution >= 4 is 15.9 Å². The molecule has 102 valence electrons. The predicted octanol–water partition coefficient (Wildman–Crippen LogP) is 2.95. The van der Waals surface area contributed by atoms with Crippen LogP contribution in [0.25, 0.3) is 0 Å². The lowest BCUT2D eigenvalue weighted by Crippen LogP contribution is -2.37. The van der Waals surface area contributed by atoms with Gasteiger partial charge < -0.3 is 15.2 Å². The van der Waals surface area contributed by atoms with Gasteiger partial charge in [-0.2, -0.15) is 0 Å². The summed E-state index contributed by atoms with van der Waals surface area (Å²) in [6.07, 6.45) is 0. The Morgan fingerprint density at radius 2 is 2.11 bits per heavy atom. The van der Waals surface area contributed by atoms with Crippen LogP contribution < -0.4 is 10.1 Å². The van der Waals surface area contributed by atoms with E-state index in [2.05, 4.69) is 21.2 Å². The van der Waals surface area contributed by atoms with E-state index < -0.39 is 5.60 Å². The van der Waals surface area contributed by atoms with E-state index in [4.69, 9.17) is 4.74 Å². The Morgan fingerprint density at radius 1 is 1.44 bits per heavy atom. The minimum Gasteiger partial charge on any atom is -0.489 e. The first-order valence-electron chi connectivity index (χ1n) is 6.15. The number of benzene rings is 1. The van der Waals surface area contributed by atoms with Crippen molar-refractivity contribution in [2.45, 2.75) is 32.9 Å². The Hall–Kier alpha value is -0.580. The van der Waals surface area contributed by atoms with Gasteiger partial charge in [-0.05, 0) is 53.5 Å². The predicted molar refractivity (Wildman–Crippen MR) is 77.9 cm³/mol. The van der Waals surface area contributed by atoms with Crippen LogP contribution in [0.1, 0.15) is 26.3 Å². The van der Waals surface area contributed by atoms with Crippen molar-refractivity contribution in [1.29, 1.82) is 0 Å². The average Bonchev–Trinajstić information content (AvgIpc) is 2.28. The largest absolute Gasteiger partial charge is 0.489 e. The molecule has 3 nitrogen and oxygen atoms in total. The van der Waals surface area contributed by atoms with Gasteiger partial charge >= 0.3 is 0 Å². The first-order valence-corrected chi connectivity index (χ1v) is 6.94. The highest BCUT2D eigenvalue weighted by molar-refractivity contribution is 9.10. The van der Waals surface area contributed by atoms with Crippen LogP contribution in [-0.4, -0.2) is 24.4 Å². The van der Waals surface area contributed by atoms with Crippen molar-refractivity contribution < 1.29 is 9.84 Å². The van der Waals surface area contributed by atoms with Crippen LogP contribution in [-0.2, 0) is 6.54 Å². The molecule has 0 amide bonds. The van der Waals surface area contributed by atoms with Crippen molar-refractivity contribution in [3.05, 3.63) is 28.2 Å². The first-order chi connectivity index (χ1) is 8.36. The van der Waals surface area contributed by atoms with E-state index in [1.54, 1.807) is 6.92 Å². The van der Waals surface area contributed by atoms with Gasteiger partial charge in [0.25, 0.3) is 0 Å². The van der Waals surface area contributed by atoms with Crippen molar-refractivity contribution in [3.8, 4) is 5.75 Å². The Morgan fingerprint density at radius 3 is 2.61 bits per heavy atom. The second-order valence-corrected chi connectivity index (χ2v) is 5.95. The molecule has 0 saturated carbocycles. The molecule has 0 fully saturated rings. The molecule has 0 aliphatic heterocycles. The Labute approximate surface area is 118 Å². The molecule has 0 heterocycles. The molecule has 4 heteroatoms. The number of rotatable bonds is 6. The molecule has 1 rings (SSSR count). The van der Waals surface area contributed by atoms with Gasteiger partial charge in [0.05, 0.1) is 10.1 Å². The lowest BCUT2D eigenvalue weighted by atomic mass is 9.94. The maximum Gasteiger partial charge on any atom is 0.133 e. The summed E-state index contributed by atoms with van der Waals surface area (Å²) in [5, 5.41) is 13.2. The Kier molecular flexibility index (Phi) is 5.63. The second kappa shape index (κ2) is 6.55. The van der Waals surface area contributed by atoms with Crippen LogP contribution in [0.4, 0.5) is 0 Å². The SMILES string of the molecule is CNCc1ccc(OCC(C)(O)C(C)C)c(Br)c1. The summed E-state index contributed by atoms with van der Waals surface area (Å²) in [6, 6.07) is 5.96. The van der Waals surface area contributed by atoms with Crippen LogP contribution in [0, 0.1) is 5.92 Å². The van der Waals surface area contributed by atoms with Crippen molar-refractivity contribution in [2.24, 2.45) is 5.92 Å². The van der Waals surface area contributed by atoms with Crippen molar-refractivity contribution in [1.82, 2.24) is 5.32 Å². The lowest BCUT2D eigenvalue weighted by molar-refractivity contribution is -0.0268. The molecule has 1 unspecified atom stereocenters. The Bertz CT molecular complexity index is 391. The second-order valence-electron chi connectivity index (χ2n) is 5.10. The third kappa shape index (κ3) is 4.26. The summed E-state index contributed by atoms with van der Waals surface area (Å²) in [5.41, 5.74) is 0.371. The minimum atomic E-state index is -0.816. The fourth-order valence-electron chi connectivity index (χ4n) is 1.37. The van der Waals surface area contributed by atoms with Gasteiger partial charge in [-0.1, -0.05) is 19.9 Å². The minimum absolute atomic E-state index is 0.153. The molecule has 0 bridgehead atoms. The number of aliphatic hydroxyl groups is 1. The molecule has 0 saturated heterocycles. The van der Waals surface area contributed by atoms with E-state index >= 15 is 0 Å². The smallest absolute Gasteiger partial charge is 0.133 e. The molecule has 1 aromatic rings. The van der Waals surface area contributed by atoms with E-state index in [-0.39, 0.29) is 12.5 Å². The monoisotopic (exact) mass is 315 g/mol. The maximum absolute atomic E-state index is 10.1. The fourth-order valence-corrected chi connectivity index (χ4v) is 1.91. The van der Waals surface area contributed by atoms with E-state index in [1.165, 1.54) is 5.56 Å². The Balaban J connectivity index is 2.68. The number of hydrogen-bond acceptors (Lipinski definition) is 3. The van der Waals surface area contributed by atoms with E-state index in [0.29, 0.717) is 0 Å². The third-order valence-corrected chi connectivity index (χ3v) is 3.76. The van der Waals surface area contributed by atoms with Crippen LogP contribution in [0.15, 0.2) is 22.7 Å². The molecular weight excluding hydrogens is 294 g/mol. The molecule has 0 aromatic heterocycles. The molecule has 0 aliphatic carbocycles. The number of nitrogens with one attached hydrogen (secondary N) is 1. The molecule has 0 aliphatic rings.